The van der Waals surface area contributed by atoms with Crippen LogP contribution in [0.5, 0.6) is 17.2 Å². The van der Waals surface area contributed by atoms with E-state index in [4.69, 9.17) is 9.47 Å². The van der Waals surface area contributed by atoms with Gasteiger partial charge in [0.2, 0.25) is 0 Å². The van der Waals surface area contributed by atoms with Crippen LogP contribution < -0.4 is 9.47 Å². The Morgan fingerprint density at radius 1 is 1.14 bits per heavy atom. The fourth-order valence-electron chi connectivity index (χ4n) is 1.89. The Kier molecular flexibility index (Phi) is 4.78. The van der Waals surface area contributed by atoms with E-state index in [0.29, 0.717) is 11.3 Å². The van der Waals surface area contributed by atoms with E-state index in [9.17, 15) is 14.3 Å². The van der Waals surface area contributed by atoms with Gasteiger partial charge in [-0.05, 0) is 35.9 Å². The number of allylic oxidation sites excluding steroid dienone is 1. The molecular weight excluding hydrogens is 287 g/mol. The number of benzene rings is 2. The van der Waals surface area contributed by atoms with Crippen molar-refractivity contribution in [1.29, 1.82) is 0 Å². The molecule has 5 heteroatoms. The molecule has 0 radical (unpaired) electrons. The van der Waals surface area contributed by atoms with Crippen molar-refractivity contribution in [1.82, 2.24) is 0 Å². The number of carbonyl (C=O) groups is 1. The number of phenolic OH excluding ortho intramolecular Hbond substituents is 1. The second-order valence-electron chi connectivity index (χ2n) is 4.47. The molecule has 0 aliphatic rings. The standard InChI is InChI=1S/C17H15FO4/c1-21-12-5-6-13(16(20)10-12)15(19)7-3-11-4-8-17(22-2)14(18)9-11/h3-10,20H,1-2H3. The third-order valence-corrected chi connectivity index (χ3v) is 3.07. The van der Waals surface area contributed by atoms with Crippen LogP contribution in [0.25, 0.3) is 6.08 Å². The van der Waals surface area contributed by atoms with Gasteiger partial charge in [-0.25, -0.2) is 4.39 Å². The molecule has 114 valence electrons. The summed E-state index contributed by atoms with van der Waals surface area (Å²) in [6.07, 6.45) is 2.73. The maximum Gasteiger partial charge on any atom is 0.189 e. The van der Waals surface area contributed by atoms with Crippen molar-refractivity contribution < 1.29 is 23.8 Å². The van der Waals surface area contributed by atoms with E-state index in [-0.39, 0.29) is 17.1 Å². The lowest BCUT2D eigenvalue weighted by Crippen LogP contribution is -1.95. The van der Waals surface area contributed by atoms with Crippen LogP contribution >= 0.6 is 0 Å². The number of rotatable bonds is 5. The molecular formula is C17H15FO4. The molecule has 0 heterocycles. The van der Waals surface area contributed by atoms with Gasteiger partial charge in [-0.15, -0.1) is 0 Å². The van der Waals surface area contributed by atoms with Gasteiger partial charge < -0.3 is 14.6 Å². The molecule has 2 aromatic rings. The van der Waals surface area contributed by atoms with Gasteiger partial charge in [-0.3, -0.25) is 4.79 Å². The maximum absolute atomic E-state index is 13.5. The number of hydrogen-bond acceptors (Lipinski definition) is 4. The normalized spacial score (nSPS) is 10.7. The SMILES string of the molecule is COc1ccc(C(=O)C=Cc2ccc(OC)c(F)c2)c(O)c1. The molecule has 22 heavy (non-hydrogen) atoms. The van der Waals surface area contributed by atoms with Gasteiger partial charge in [0.25, 0.3) is 0 Å². The smallest absolute Gasteiger partial charge is 0.189 e. The van der Waals surface area contributed by atoms with Gasteiger partial charge in [0.15, 0.2) is 17.3 Å². The van der Waals surface area contributed by atoms with Crippen LogP contribution in [0.4, 0.5) is 4.39 Å². The van der Waals surface area contributed by atoms with Crippen LogP contribution in [0.3, 0.4) is 0 Å². The average Bonchev–Trinajstić information content (AvgIpc) is 2.52. The fourth-order valence-corrected chi connectivity index (χ4v) is 1.89. The fraction of sp³-hybridized carbons (Fsp3) is 0.118. The molecule has 0 saturated heterocycles. The minimum absolute atomic E-state index is 0.135. The van der Waals surface area contributed by atoms with E-state index in [0.717, 1.165) is 0 Å². The summed E-state index contributed by atoms with van der Waals surface area (Å²) in [6.45, 7) is 0. The monoisotopic (exact) mass is 302 g/mol. The van der Waals surface area contributed by atoms with Crippen LogP contribution in [-0.4, -0.2) is 25.1 Å². The van der Waals surface area contributed by atoms with E-state index in [1.165, 1.54) is 50.6 Å². The lowest BCUT2D eigenvalue weighted by molar-refractivity contribution is 0.104. The number of aromatic hydroxyl groups is 1. The molecule has 0 aromatic heterocycles. The lowest BCUT2D eigenvalue weighted by Gasteiger charge is -2.04. The Balaban J connectivity index is 2.19. The highest BCUT2D eigenvalue weighted by molar-refractivity contribution is 6.08. The van der Waals surface area contributed by atoms with E-state index in [1.807, 2.05) is 0 Å². The number of hydrogen-bond donors (Lipinski definition) is 1. The molecule has 1 N–H and O–H groups in total. The molecule has 0 fully saturated rings. The summed E-state index contributed by atoms with van der Waals surface area (Å²) in [7, 11) is 2.85. The molecule has 0 amide bonds. The molecule has 0 atom stereocenters. The number of halogens is 1. The number of ether oxygens (including phenoxy) is 2. The van der Waals surface area contributed by atoms with Crippen molar-refractivity contribution >= 4 is 11.9 Å². The van der Waals surface area contributed by atoms with Crippen molar-refractivity contribution in [3.8, 4) is 17.2 Å². The summed E-state index contributed by atoms with van der Waals surface area (Å²) in [5.41, 5.74) is 0.658. The summed E-state index contributed by atoms with van der Waals surface area (Å²) in [6, 6.07) is 8.76. The first kappa shape index (κ1) is 15.6. The minimum Gasteiger partial charge on any atom is -0.507 e. The van der Waals surface area contributed by atoms with Gasteiger partial charge in [-0.1, -0.05) is 12.1 Å². The van der Waals surface area contributed by atoms with Crippen LogP contribution in [0.2, 0.25) is 0 Å². The molecule has 0 saturated carbocycles. The van der Waals surface area contributed by atoms with Crippen LogP contribution in [-0.2, 0) is 0 Å². The molecule has 0 aliphatic carbocycles. The first-order chi connectivity index (χ1) is 10.5. The number of carbonyl (C=O) groups excluding carboxylic acids is 1. The summed E-state index contributed by atoms with van der Waals surface area (Å²) in [4.78, 5) is 12.0. The van der Waals surface area contributed by atoms with E-state index in [1.54, 1.807) is 12.1 Å². The van der Waals surface area contributed by atoms with Gasteiger partial charge in [0.1, 0.15) is 11.5 Å². The molecule has 0 unspecified atom stereocenters. The third-order valence-electron chi connectivity index (χ3n) is 3.07. The first-order valence-electron chi connectivity index (χ1n) is 6.48. The van der Waals surface area contributed by atoms with Crippen molar-refractivity contribution in [2.24, 2.45) is 0 Å². The molecule has 4 nitrogen and oxygen atoms in total. The van der Waals surface area contributed by atoms with Crippen molar-refractivity contribution in [2.75, 3.05) is 14.2 Å². The van der Waals surface area contributed by atoms with Crippen LogP contribution in [0.1, 0.15) is 15.9 Å². The average molecular weight is 302 g/mol. The topological polar surface area (TPSA) is 55.8 Å². The highest BCUT2D eigenvalue weighted by atomic mass is 19.1. The summed E-state index contributed by atoms with van der Waals surface area (Å²) in [5, 5.41) is 9.79. The summed E-state index contributed by atoms with van der Waals surface area (Å²) < 4.78 is 23.3. The lowest BCUT2D eigenvalue weighted by atomic mass is 10.1. The predicted molar refractivity (Wildman–Crippen MR) is 81.0 cm³/mol. The zero-order chi connectivity index (χ0) is 16.1. The second-order valence-corrected chi connectivity index (χ2v) is 4.47. The van der Waals surface area contributed by atoms with E-state index < -0.39 is 11.6 Å². The predicted octanol–water partition coefficient (Wildman–Crippen LogP) is 3.44. The van der Waals surface area contributed by atoms with Crippen molar-refractivity contribution in [3.63, 3.8) is 0 Å². The Labute approximate surface area is 127 Å². The number of methoxy groups -OCH3 is 2. The first-order valence-corrected chi connectivity index (χ1v) is 6.48. The largest absolute Gasteiger partial charge is 0.507 e. The molecule has 0 spiro atoms. The second kappa shape index (κ2) is 6.76. The van der Waals surface area contributed by atoms with Crippen molar-refractivity contribution in [3.05, 3.63) is 59.4 Å². The quantitative estimate of drug-likeness (QED) is 0.679. The summed E-state index contributed by atoms with van der Waals surface area (Å²) >= 11 is 0. The molecule has 2 aromatic carbocycles. The number of phenols is 1. The Morgan fingerprint density at radius 3 is 2.50 bits per heavy atom. The molecule has 2 rings (SSSR count). The highest BCUT2D eigenvalue weighted by Gasteiger charge is 2.09. The van der Waals surface area contributed by atoms with Crippen molar-refractivity contribution in [2.45, 2.75) is 0 Å². The van der Waals surface area contributed by atoms with Crippen LogP contribution in [0, 0.1) is 5.82 Å². The maximum atomic E-state index is 13.5. The zero-order valence-corrected chi connectivity index (χ0v) is 12.2. The van der Waals surface area contributed by atoms with E-state index in [2.05, 4.69) is 0 Å². The zero-order valence-electron chi connectivity index (χ0n) is 12.2. The Morgan fingerprint density at radius 2 is 1.91 bits per heavy atom. The van der Waals surface area contributed by atoms with Crippen LogP contribution in [0.15, 0.2) is 42.5 Å². The van der Waals surface area contributed by atoms with E-state index >= 15 is 0 Å². The minimum atomic E-state index is -0.510. The Bertz CT molecular complexity index is 723. The van der Waals surface area contributed by atoms with Gasteiger partial charge in [-0.2, -0.15) is 0 Å². The summed E-state index contributed by atoms with van der Waals surface area (Å²) in [5.74, 6) is -0.484. The van der Waals surface area contributed by atoms with Gasteiger partial charge in [0, 0.05) is 6.07 Å². The molecule has 0 aliphatic heterocycles. The third kappa shape index (κ3) is 3.44. The van der Waals surface area contributed by atoms with Gasteiger partial charge in [0.05, 0.1) is 19.8 Å². The Hall–Kier alpha value is -2.82. The highest BCUT2D eigenvalue weighted by Crippen LogP contribution is 2.24. The molecule has 0 bridgehead atoms. The van der Waals surface area contributed by atoms with Gasteiger partial charge >= 0.3 is 0 Å². The number of ketones is 1.